The lowest BCUT2D eigenvalue weighted by molar-refractivity contribution is -0.141. The first kappa shape index (κ1) is 34.3. The second-order valence-corrected chi connectivity index (χ2v) is 11.6. The van der Waals surface area contributed by atoms with E-state index < -0.39 is 11.9 Å². The van der Waals surface area contributed by atoms with Gasteiger partial charge in [0.05, 0.1) is 12.3 Å². The molecule has 35 heavy (non-hydrogen) atoms. The van der Waals surface area contributed by atoms with Crippen molar-refractivity contribution in [3.05, 3.63) is 0 Å². The first-order chi connectivity index (χ1) is 17.1. The first-order valence-corrected chi connectivity index (χ1v) is 16.3. The van der Waals surface area contributed by atoms with Gasteiger partial charge in [-0.15, -0.1) is 0 Å². The zero-order chi connectivity index (χ0) is 25.8. The highest BCUT2D eigenvalue weighted by Gasteiger charge is 2.16. The number of thioether (sulfide) groups is 1. The van der Waals surface area contributed by atoms with Crippen LogP contribution in [0.15, 0.2) is 0 Å². The number of aliphatic carboxylic acids is 2. The van der Waals surface area contributed by atoms with Crippen LogP contribution in [0.5, 0.6) is 0 Å². The molecule has 0 fully saturated rings. The van der Waals surface area contributed by atoms with Crippen LogP contribution in [0.3, 0.4) is 0 Å². The van der Waals surface area contributed by atoms with Gasteiger partial charge in [-0.05, 0) is 6.42 Å². The van der Waals surface area contributed by atoms with Crippen LogP contribution in [0.2, 0.25) is 0 Å². The molecule has 4 nitrogen and oxygen atoms in total. The molecule has 0 amide bonds. The topological polar surface area (TPSA) is 74.6 Å². The van der Waals surface area contributed by atoms with Gasteiger partial charge in [-0.2, -0.15) is 11.8 Å². The molecule has 0 saturated heterocycles. The van der Waals surface area contributed by atoms with Gasteiger partial charge >= 0.3 is 11.9 Å². The zero-order valence-electron chi connectivity index (χ0n) is 23.1. The van der Waals surface area contributed by atoms with E-state index in [4.69, 9.17) is 5.11 Å². The Bertz CT molecular complexity index is 469. The predicted octanol–water partition coefficient (Wildman–Crippen LogP) is 9.89. The maximum atomic E-state index is 11.3. The highest BCUT2D eigenvalue weighted by atomic mass is 32.2. The van der Waals surface area contributed by atoms with E-state index in [9.17, 15) is 14.7 Å². The van der Waals surface area contributed by atoms with E-state index in [-0.39, 0.29) is 12.3 Å². The third kappa shape index (κ3) is 27.7. The summed E-state index contributed by atoms with van der Waals surface area (Å²) in [7, 11) is 0. The summed E-state index contributed by atoms with van der Waals surface area (Å²) in [5, 5.41) is 18.0. The van der Waals surface area contributed by atoms with Crippen LogP contribution in [0.4, 0.5) is 0 Å². The molecule has 1 atom stereocenters. The van der Waals surface area contributed by atoms with E-state index in [2.05, 4.69) is 6.92 Å². The molecule has 5 heteroatoms. The third-order valence-corrected chi connectivity index (χ3v) is 8.17. The van der Waals surface area contributed by atoms with Crippen molar-refractivity contribution in [2.45, 2.75) is 161 Å². The first-order valence-electron chi connectivity index (χ1n) is 15.1. The summed E-state index contributed by atoms with van der Waals surface area (Å²) in [6.07, 6.45) is 30.8. The van der Waals surface area contributed by atoms with Crippen LogP contribution in [0.1, 0.15) is 161 Å². The van der Waals surface area contributed by atoms with Crippen molar-refractivity contribution in [2.75, 3.05) is 11.5 Å². The molecule has 0 radical (unpaired) electrons. The highest BCUT2D eigenvalue weighted by Crippen LogP contribution is 2.19. The molecular weight excluding hydrogens is 456 g/mol. The van der Waals surface area contributed by atoms with Crippen molar-refractivity contribution >= 4 is 23.7 Å². The minimum atomic E-state index is -0.816. The average molecular weight is 515 g/mol. The second-order valence-electron chi connectivity index (χ2n) is 10.5. The molecule has 0 aromatic rings. The molecule has 208 valence electrons. The van der Waals surface area contributed by atoms with Crippen molar-refractivity contribution in [2.24, 2.45) is 5.92 Å². The monoisotopic (exact) mass is 514 g/mol. The van der Waals surface area contributed by atoms with Gasteiger partial charge < -0.3 is 10.2 Å². The summed E-state index contributed by atoms with van der Waals surface area (Å²) in [6, 6.07) is 0. The molecule has 0 aromatic heterocycles. The van der Waals surface area contributed by atoms with Crippen LogP contribution < -0.4 is 0 Å². The molecule has 2 N–H and O–H groups in total. The Morgan fingerprint density at radius 3 is 1.23 bits per heavy atom. The lowest BCUT2D eigenvalue weighted by Gasteiger charge is -2.11. The van der Waals surface area contributed by atoms with E-state index in [0.717, 1.165) is 12.8 Å². The third-order valence-electron chi connectivity index (χ3n) is 7.03. The summed E-state index contributed by atoms with van der Waals surface area (Å²) in [4.78, 5) is 21.9. The lowest BCUT2D eigenvalue weighted by atomic mass is 10.0. The standard InChI is InChI=1S/C30H58O4S/c1-2-3-4-5-6-7-8-9-10-11-12-13-14-15-16-17-18-19-20-21-22-23-24-28(30(33)34)27-35-26-25-29(31)32/h28H,2-27H2,1H3,(H,31,32)(H,33,34). The molecule has 0 heterocycles. The van der Waals surface area contributed by atoms with Gasteiger partial charge in [0.1, 0.15) is 0 Å². The van der Waals surface area contributed by atoms with E-state index in [0.29, 0.717) is 17.9 Å². The maximum Gasteiger partial charge on any atom is 0.307 e. The van der Waals surface area contributed by atoms with E-state index >= 15 is 0 Å². The van der Waals surface area contributed by atoms with Gasteiger partial charge in [0.15, 0.2) is 0 Å². The molecule has 0 spiro atoms. The Balaban J connectivity index is 3.27. The summed E-state index contributed by atoms with van der Waals surface area (Å²) in [5.74, 6) is -0.862. The van der Waals surface area contributed by atoms with E-state index in [1.807, 2.05) is 0 Å². The normalized spacial score (nSPS) is 12.1. The van der Waals surface area contributed by atoms with Crippen molar-refractivity contribution in [3.63, 3.8) is 0 Å². The summed E-state index contributed by atoms with van der Waals surface area (Å²) >= 11 is 1.45. The van der Waals surface area contributed by atoms with Gasteiger partial charge in [-0.25, -0.2) is 0 Å². The number of carbonyl (C=O) groups is 2. The summed E-state index contributed by atoms with van der Waals surface area (Å²) in [6.45, 7) is 2.28. The Morgan fingerprint density at radius 1 is 0.571 bits per heavy atom. The maximum absolute atomic E-state index is 11.3. The quantitative estimate of drug-likeness (QED) is 0.0971. The Morgan fingerprint density at radius 2 is 0.914 bits per heavy atom. The molecule has 0 aliphatic rings. The number of carboxylic acid groups (broad SMARTS) is 2. The number of rotatable bonds is 29. The number of hydrogen-bond donors (Lipinski definition) is 2. The van der Waals surface area contributed by atoms with Gasteiger partial charge in [-0.3, -0.25) is 9.59 Å². The van der Waals surface area contributed by atoms with Crippen molar-refractivity contribution in [1.29, 1.82) is 0 Å². The van der Waals surface area contributed by atoms with E-state index in [1.165, 1.54) is 140 Å². The van der Waals surface area contributed by atoms with Crippen LogP contribution >= 0.6 is 11.8 Å². The van der Waals surface area contributed by atoms with Gasteiger partial charge in [-0.1, -0.05) is 148 Å². The molecular formula is C30H58O4S. The fourth-order valence-electron chi connectivity index (χ4n) is 4.66. The SMILES string of the molecule is CCCCCCCCCCCCCCCCCCCCCCCCC(CSCCC(=O)O)C(=O)O. The van der Waals surface area contributed by atoms with Crippen molar-refractivity contribution in [1.82, 2.24) is 0 Å². The minimum Gasteiger partial charge on any atom is -0.481 e. The number of hydrogen-bond acceptors (Lipinski definition) is 3. The predicted molar refractivity (Wildman–Crippen MR) is 153 cm³/mol. The molecule has 1 unspecified atom stereocenters. The Kier molecular flexibility index (Phi) is 27.3. The summed E-state index contributed by atoms with van der Waals surface area (Å²) < 4.78 is 0. The molecule has 0 aliphatic carbocycles. The van der Waals surface area contributed by atoms with Gasteiger partial charge in [0.25, 0.3) is 0 Å². The minimum absolute atomic E-state index is 0.108. The Labute approximate surface area is 221 Å². The number of unbranched alkanes of at least 4 members (excludes halogenated alkanes) is 21. The second kappa shape index (κ2) is 27.9. The lowest BCUT2D eigenvalue weighted by Crippen LogP contribution is -2.16. The molecule has 0 aromatic carbocycles. The van der Waals surface area contributed by atoms with Crippen LogP contribution in [-0.2, 0) is 9.59 Å². The van der Waals surface area contributed by atoms with Crippen LogP contribution in [-0.4, -0.2) is 33.7 Å². The summed E-state index contributed by atoms with van der Waals surface area (Å²) in [5.41, 5.74) is 0. The molecule has 0 rings (SSSR count). The van der Waals surface area contributed by atoms with Crippen LogP contribution in [0.25, 0.3) is 0 Å². The number of carboxylic acids is 2. The zero-order valence-corrected chi connectivity index (χ0v) is 23.9. The van der Waals surface area contributed by atoms with E-state index in [1.54, 1.807) is 0 Å². The molecule has 0 aliphatic heterocycles. The van der Waals surface area contributed by atoms with Crippen molar-refractivity contribution in [3.8, 4) is 0 Å². The average Bonchev–Trinajstić information content (AvgIpc) is 2.83. The fourth-order valence-corrected chi connectivity index (χ4v) is 5.74. The van der Waals surface area contributed by atoms with Gasteiger partial charge in [0, 0.05) is 11.5 Å². The van der Waals surface area contributed by atoms with Crippen LogP contribution in [0, 0.1) is 5.92 Å². The smallest absolute Gasteiger partial charge is 0.307 e. The fraction of sp³-hybridized carbons (Fsp3) is 0.933. The van der Waals surface area contributed by atoms with Gasteiger partial charge in [0.2, 0.25) is 0 Å². The molecule has 0 bridgehead atoms. The Hall–Kier alpha value is -0.710. The van der Waals surface area contributed by atoms with Crippen molar-refractivity contribution < 1.29 is 19.8 Å². The molecule has 0 saturated carbocycles. The largest absolute Gasteiger partial charge is 0.481 e. The highest BCUT2D eigenvalue weighted by molar-refractivity contribution is 7.99.